The minimum Gasteiger partial charge on any atom is -0.457 e. The zero-order valence-electron chi connectivity index (χ0n) is 13.8. The SMILES string of the molecule is C=CCOC(=O)c1sc(NC(=O)c2cc3ccccc3oc2=O)nc1C. The molecule has 1 aromatic carbocycles. The molecule has 1 N–H and O–H groups in total. The van der Waals surface area contributed by atoms with E-state index in [0.29, 0.717) is 16.7 Å². The second kappa shape index (κ2) is 7.32. The summed E-state index contributed by atoms with van der Waals surface area (Å²) >= 11 is 0.966. The van der Waals surface area contributed by atoms with Crippen molar-refractivity contribution in [3.8, 4) is 0 Å². The van der Waals surface area contributed by atoms with Gasteiger partial charge in [0.1, 0.15) is 22.6 Å². The van der Waals surface area contributed by atoms with Crippen LogP contribution in [0.4, 0.5) is 5.13 Å². The van der Waals surface area contributed by atoms with Crippen LogP contribution >= 0.6 is 11.3 Å². The molecule has 0 spiro atoms. The number of fused-ring (bicyclic) bond motifs is 1. The molecule has 26 heavy (non-hydrogen) atoms. The number of benzene rings is 1. The summed E-state index contributed by atoms with van der Waals surface area (Å²) < 4.78 is 10.1. The van der Waals surface area contributed by atoms with E-state index >= 15 is 0 Å². The Bertz CT molecular complexity index is 1070. The zero-order chi connectivity index (χ0) is 18.7. The Hall–Kier alpha value is -3.26. The first kappa shape index (κ1) is 17.6. The van der Waals surface area contributed by atoms with Gasteiger partial charge in [0.25, 0.3) is 5.91 Å². The zero-order valence-corrected chi connectivity index (χ0v) is 14.6. The fourth-order valence-electron chi connectivity index (χ4n) is 2.22. The molecule has 2 heterocycles. The summed E-state index contributed by atoms with van der Waals surface area (Å²) in [4.78, 5) is 40.8. The number of thiazole rings is 1. The smallest absolute Gasteiger partial charge is 0.350 e. The molecular formula is C18H14N2O5S. The number of aryl methyl sites for hydroxylation is 1. The average molecular weight is 370 g/mol. The van der Waals surface area contributed by atoms with Gasteiger partial charge in [-0.15, -0.1) is 0 Å². The standard InChI is InChI=1S/C18H14N2O5S/c1-3-8-24-17(23)14-10(2)19-18(26-14)20-15(21)12-9-11-6-4-5-7-13(11)25-16(12)22/h3-7,9H,1,8H2,2H3,(H,19,20,21). The Kier molecular flexibility index (Phi) is 4.94. The largest absolute Gasteiger partial charge is 0.457 e. The lowest BCUT2D eigenvalue weighted by molar-refractivity contribution is 0.0554. The number of hydrogen-bond donors (Lipinski definition) is 1. The Balaban J connectivity index is 1.84. The molecule has 0 saturated heterocycles. The van der Waals surface area contributed by atoms with Crippen LogP contribution in [-0.4, -0.2) is 23.5 Å². The van der Waals surface area contributed by atoms with Crippen LogP contribution in [0.15, 0.2) is 52.2 Å². The van der Waals surface area contributed by atoms with E-state index in [4.69, 9.17) is 9.15 Å². The Labute approximate surface area is 151 Å². The van der Waals surface area contributed by atoms with Crippen LogP contribution < -0.4 is 10.9 Å². The van der Waals surface area contributed by atoms with E-state index in [1.165, 1.54) is 12.1 Å². The molecule has 7 nitrogen and oxygen atoms in total. The lowest BCUT2D eigenvalue weighted by Crippen LogP contribution is -2.20. The first-order chi connectivity index (χ1) is 12.5. The van der Waals surface area contributed by atoms with E-state index in [9.17, 15) is 14.4 Å². The third-order valence-electron chi connectivity index (χ3n) is 3.42. The number of nitrogens with zero attached hydrogens (tertiary/aromatic N) is 1. The quantitative estimate of drug-likeness (QED) is 0.421. The molecule has 0 aliphatic heterocycles. The van der Waals surface area contributed by atoms with Gasteiger partial charge in [0.15, 0.2) is 5.13 Å². The van der Waals surface area contributed by atoms with Crippen LogP contribution in [0.2, 0.25) is 0 Å². The summed E-state index contributed by atoms with van der Waals surface area (Å²) in [7, 11) is 0. The third-order valence-corrected chi connectivity index (χ3v) is 4.47. The van der Waals surface area contributed by atoms with E-state index in [1.54, 1.807) is 31.2 Å². The van der Waals surface area contributed by atoms with Gasteiger partial charge >= 0.3 is 11.6 Å². The molecule has 2 aromatic heterocycles. The molecule has 0 fully saturated rings. The number of anilines is 1. The average Bonchev–Trinajstić information content (AvgIpc) is 2.99. The topological polar surface area (TPSA) is 98.5 Å². The van der Waals surface area contributed by atoms with Crippen LogP contribution in [0.1, 0.15) is 25.7 Å². The minimum absolute atomic E-state index is 0.0794. The first-order valence-electron chi connectivity index (χ1n) is 7.59. The van der Waals surface area contributed by atoms with Crippen LogP contribution in [0.25, 0.3) is 11.0 Å². The monoisotopic (exact) mass is 370 g/mol. The third kappa shape index (κ3) is 3.55. The summed E-state index contributed by atoms with van der Waals surface area (Å²) in [6, 6.07) is 8.34. The van der Waals surface area contributed by atoms with Crippen molar-refractivity contribution in [1.82, 2.24) is 4.98 Å². The van der Waals surface area contributed by atoms with Gasteiger partial charge in [-0.1, -0.05) is 42.2 Å². The van der Waals surface area contributed by atoms with Gasteiger partial charge in [0.2, 0.25) is 0 Å². The maximum Gasteiger partial charge on any atom is 0.350 e. The van der Waals surface area contributed by atoms with E-state index in [-0.39, 0.29) is 22.2 Å². The van der Waals surface area contributed by atoms with Crippen molar-refractivity contribution in [2.75, 3.05) is 11.9 Å². The van der Waals surface area contributed by atoms with Crippen LogP contribution in [0.5, 0.6) is 0 Å². The molecule has 0 atom stereocenters. The predicted octanol–water partition coefficient (Wildman–Crippen LogP) is 3.15. The fourth-order valence-corrected chi connectivity index (χ4v) is 3.08. The molecule has 0 saturated carbocycles. The number of esters is 1. The molecule has 0 aliphatic rings. The Morgan fingerprint density at radius 3 is 2.92 bits per heavy atom. The van der Waals surface area contributed by atoms with Gasteiger partial charge in [-0.05, 0) is 19.1 Å². The van der Waals surface area contributed by atoms with E-state index < -0.39 is 17.5 Å². The molecule has 0 bridgehead atoms. The number of amides is 1. The highest BCUT2D eigenvalue weighted by Crippen LogP contribution is 2.24. The highest BCUT2D eigenvalue weighted by Gasteiger charge is 2.20. The normalized spacial score (nSPS) is 10.5. The molecule has 0 radical (unpaired) electrons. The van der Waals surface area contributed by atoms with Crippen LogP contribution in [-0.2, 0) is 4.74 Å². The first-order valence-corrected chi connectivity index (χ1v) is 8.41. The maximum absolute atomic E-state index is 12.4. The summed E-state index contributed by atoms with van der Waals surface area (Å²) in [5, 5.41) is 3.33. The summed E-state index contributed by atoms with van der Waals surface area (Å²) in [6.07, 6.45) is 1.45. The van der Waals surface area contributed by atoms with Crippen LogP contribution in [0.3, 0.4) is 0 Å². The maximum atomic E-state index is 12.4. The van der Waals surface area contributed by atoms with Crippen molar-refractivity contribution < 1.29 is 18.7 Å². The number of hydrogen-bond acceptors (Lipinski definition) is 7. The Morgan fingerprint density at radius 2 is 2.15 bits per heavy atom. The summed E-state index contributed by atoms with van der Waals surface area (Å²) in [6.45, 7) is 5.18. The highest BCUT2D eigenvalue weighted by molar-refractivity contribution is 7.17. The molecule has 8 heteroatoms. The van der Waals surface area contributed by atoms with E-state index in [0.717, 1.165) is 11.3 Å². The number of nitrogens with one attached hydrogen (secondary N) is 1. The molecule has 1 amide bonds. The van der Waals surface area contributed by atoms with Gasteiger partial charge in [0.05, 0.1) is 5.69 Å². The number of carbonyl (C=O) groups excluding carboxylic acids is 2. The molecular weight excluding hydrogens is 356 g/mol. The molecule has 3 aromatic rings. The number of ether oxygens (including phenoxy) is 1. The second-order valence-electron chi connectivity index (χ2n) is 5.26. The van der Waals surface area contributed by atoms with Crippen molar-refractivity contribution in [2.24, 2.45) is 0 Å². The Morgan fingerprint density at radius 1 is 1.38 bits per heavy atom. The van der Waals surface area contributed by atoms with E-state index in [1.807, 2.05) is 0 Å². The van der Waals surface area contributed by atoms with Crippen molar-refractivity contribution in [2.45, 2.75) is 6.92 Å². The minimum atomic E-state index is -0.750. The highest BCUT2D eigenvalue weighted by atomic mass is 32.1. The number of rotatable bonds is 5. The molecule has 132 valence electrons. The lowest BCUT2D eigenvalue weighted by Gasteiger charge is -2.02. The number of carbonyl (C=O) groups is 2. The van der Waals surface area contributed by atoms with Crippen molar-refractivity contribution in [3.63, 3.8) is 0 Å². The predicted molar refractivity (Wildman–Crippen MR) is 97.8 cm³/mol. The van der Waals surface area contributed by atoms with Crippen molar-refractivity contribution in [1.29, 1.82) is 0 Å². The second-order valence-corrected chi connectivity index (χ2v) is 6.26. The van der Waals surface area contributed by atoms with Crippen molar-refractivity contribution in [3.05, 3.63) is 69.5 Å². The van der Waals surface area contributed by atoms with E-state index in [2.05, 4.69) is 16.9 Å². The van der Waals surface area contributed by atoms with Gasteiger partial charge in [-0.2, -0.15) is 0 Å². The van der Waals surface area contributed by atoms with Gasteiger partial charge in [-0.25, -0.2) is 14.6 Å². The number of aromatic nitrogens is 1. The fraction of sp³-hybridized carbons (Fsp3) is 0.111. The van der Waals surface area contributed by atoms with Gasteiger partial charge < -0.3 is 9.15 Å². The summed E-state index contributed by atoms with van der Waals surface area (Å²) in [5.41, 5.74) is -0.0799. The molecule has 3 rings (SSSR count). The van der Waals surface area contributed by atoms with Gasteiger partial charge in [0, 0.05) is 5.39 Å². The molecule has 0 aliphatic carbocycles. The lowest BCUT2D eigenvalue weighted by atomic mass is 10.2. The molecule has 0 unspecified atom stereocenters. The van der Waals surface area contributed by atoms with Crippen molar-refractivity contribution >= 4 is 39.3 Å². The van der Waals surface area contributed by atoms with Crippen LogP contribution in [0, 0.1) is 6.92 Å². The number of para-hydroxylation sites is 1. The van der Waals surface area contributed by atoms with Gasteiger partial charge in [-0.3, -0.25) is 10.1 Å². The summed E-state index contributed by atoms with van der Waals surface area (Å²) in [5.74, 6) is -1.21.